The van der Waals surface area contributed by atoms with E-state index >= 15 is 0 Å². The Kier molecular flexibility index (Phi) is 3.84. The van der Waals surface area contributed by atoms with Gasteiger partial charge in [-0.15, -0.1) is 0 Å². The van der Waals surface area contributed by atoms with Crippen molar-refractivity contribution in [1.29, 1.82) is 0 Å². The van der Waals surface area contributed by atoms with Crippen LogP contribution in [0.15, 0.2) is 24.3 Å². The third-order valence-electron chi connectivity index (χ3n) is 2.32. The Balaban J connectivity index is 2.10. The van der Waals surface area contributed by atoms with Crippen molar-refractivity contribution in [2.75, 3.05) is 5.75 Å². The summed E-state index contributed by atoms with van der Waals surface area (Å²) in [6.07, 6.45) is 0.568. The molecular weight excluding hydrogens is 262 g/mol. The van der Waals surface area contributed by atoms with Crippen molar-refractivity contribution in [3.63, 3.8) is 0 Å². The molecule has 5 heteroatoms. The maximum atomic E-state index is 11.7. The van der Waals surface area contributed by atoms with Gasteiger partial charge in [0.25, 0.3) is 0 Å². The molecule has 0 bridgehead atoms. The van der Waals surface area contributed by atoms with E-state index in [2.05, 4.69) is 0 Å². The zero-order valence-corrected chi connectivity index (χ0v) is 10.9. The number of thiocarbonyl (C=S) groups is 1. The topological polar surface area (TPSA) is 20.3 Å². The molecule has 2 nitrogen and oxygen atoms in total. The van der Waals surface area contributed by atoms with Crippen LogP contribution in [0.4, 0.5) is 0 Å². The first kappa shape index (κ1) is 11.9. The number of halogens is 1. The predicted molar refractivity (Wildman–Crippen MR) is 71.7 cm³/mol. The van der Waals surface area contributed by atoms with Gasteiger partial charge in [0.05, 0.1) is 6.54 Å². The molecule has 0 aromatic heterocycles. The van der Waals surface area contributed by atoms with E-state index in [-0.39, 0.29) is 5.91 Å². The highest BCUT2D eigenvalue weighted by Gasteiger charge is 2.23. The highest BCUT2D eigenvalue weighted by molar-refractivity contribution is 8.23. The SMILES string of the molecule is O=C1CCSC(=S)N1Cc1ccc(Cl)cc1. The maximum Gasteiger partial charge on any atom is 0.229 e. The second kappa shape index (κ2) is 5.17. The van der Waals surface area contributed by atoms with E-state index in [0.717, 1.165) is 11.3 Å². The van der Waals surface area contributed by atoms with Crippen LogP contribution in [0, 0.1) is 0 Å². The van der Waals surface area contributed by atoms with Crippen molar-refractivity contribution in [3.05, 3.63) is 34.9 Å². The van der Waals surface area contributed by atoms with Crippen LogP contribution in [0.2, 0.25) is 5.02 Å². The van der Waals surface area contributed by atoms with Crippen LogP contribution >= 0.6 is 35.6 Å². The molecule has 1 aliphatic heterocycles. The maximum absolute atomic E-state index is 11.7. The summed E-state index contributed by atoms with van der Waals surface area (Å²) in [5.41, 5.74) is 1.04. The van der Waals surface area contributed by atoms with Crippen molar-refractivity contribution in [2.45, 2.75) is 13.0 Å². The van der Waals surface area contributed by atoms with E-state index in [4.69, 9.17) is 23.8 Å². The first-order valence-electron chi connectivity index (χ1n) is 4.88. The standard InChI is InChI=1S/C11H10ClNOS2/c12-9-3-1-8(2-4-9)7-13-10(14)5-6-16-11(13)15/h1-4H,5-7H2. The molecule has 0 aliphatic carbocycles. The summed E-state index contributed by atoms with van der Waals surface area (Å²) in [4.78, 5) is 13.3. The molecule has 1 fully saturated rings. The van der Waals surface area contributed by atoms with Crippen molar-refractivity contribution >= 4 is 45.8 Å². The first-order valence-corrected chi connectivity index (χ1v) is 6.65. The van der Waals surface area contributed by atoms with Crippen molar-refractivity contribution in [3.8, 4) is 0 Å². The number of hydrogen-bond acceptors (Lipinski definition) is 3. The van der Waals surface area contributed by atoms with E-state index in [1.807, 2.05) is 24.3 Å². The van der Waals surface area contributed by atoms with Crippen LogP contribution in [-0.4, -0.2) is 20.9 Å². The summed E-state index contributed by atoms with van der Waals surface area (Å²) in [6, 6.07) is 7.47. The molecular formula is C11H10ClNOS2. The van der Waals surface area contributed by atoms with Crippen LogP contribution in [0.25, 0.3) is 0 Å². The zero-order valence-electron chi connectivity index (χ0n) is 8.48. The van der Waals surface area contributed by atoms with Gasteiger partial charge >= 0.3 is 0 Å². The van der Waals surface area contributed by atoms with Gasteiger partial charge in [0.1, 0.15) is 4.32 Å². The summed E-state index contributed by atoms with van der Waals surface area (Å²) >= 11 is 12.5. The molecule has 1 aromatic carbocycles. The molecule has 0 spiro atoms. The second-order valence-corrected chi connectivity index (χ2v) is 5.64. The van der Waals surface area contributed by atoms with E-state index in [0.29, 0.717) is 22.3 Å². The van der Waals surface area contributed by atoms with E-state index in [9.17, 15) is 4.79 Å². The highest BCUT2D eigenvalue weighted by atomic mass is 35.5. The van der Waals surface area contributed by atoms with Gasteiger partial charge < -0.3 is 0 Å². The van der Waals surface area contributed by atoms with Crippen molar-refractivity contribution in [2.24, 2.45) is 0 Å². The number of benzene rings is 1. The molecule has 0 N–H and O–H groups in total. The minimum atomic E-state index is 0.110. The molecule has 1 aliphatic rings. The molecule has 16 heavy (non-hydrogen) atoms. The Bertz CT molecular complexity index is 402. The summed E-state index contributed by atoms with van der Waals surface area (Å²) in [5, 5.41) is 0.700. The van der Waals surface area contributed by atoms with Gasteiger partial charge in [-0.2, -0.15) is 0 Å². The summed E-state index contributed by atoms with van der Waals surface area (Å²) in [6.45, 7) is 0.543. The van der Waals surface area contributed by atoms with Crippen LogP contribution in [-0.2, 0) is 11.3 Å². The van der Waals surface area contributed by atoms with Gasteiger partial charge in [-0.3, -0.25) is 9.69 Å². The first-order chi connectivity index (χ1) is 7.66. The number of hydrogen-bond donors (Lipinski definition) is 0. The number of carbonyl (C=O) groups is 1. The fourth-order valence-electron chi connectivity index (χ4n) is 1.47. The van der Waals surface area contributed by atoms with E-state index in [1.54, 1.807) is 16.7 Å². The number of nitrogens with zero attached hydrogens (tertiary/aromatic N) is 1. The van der Waals surface area contributed by atoms with Gasteiger partial charge in [-0.05, 0) is 17.7 Å². The largest absolute Gasteiger partial charge is 0.293 e. The molecule has 1 heterocycles. The number of carbonyl (C=O) groups excluding carboxylic acids is 1. The molecule has 1 saturated heterocycles. The Morgan fingerprint density at radius 2 is 2.06 bits per heavy atom. The predicted octanol–water partition coefficient (Wildman–Crippen LogP) is 3.09. The molecule has 0 unspecified atom stereocenters. The fraction of sp³-hybridized carbons (Fsp3) is 0.273. The lowest BCUT2D eigenvalue weighted by molar-refractivity contribution is -0.127. The van der Waals surface area contributed by atoms with Crippen LogP contribution in [0.3, 0.4) is 0 Å². The molecule has 1 amide bonds. The van der Waals surface area contributed by atoms with Crippen molar-refractivity contribution < 1.29 is 4.79 Å². The molecule has 84 valence electrons. The van der Waals surface area contributed by atoms with Gasteiger partial charge in [0.2, 0.25) is 5.91 Å². The van der Waals surface area contributed by atoms with Crippen LogP contribution < -0.4 is 0 Å². The molecule has 2 rings (SSSR count). The quantitative estimate of drug-likeness (QED) is 0.771. The van der Waals surface area contributed by atoms with Crippen LogP contribution in [0.1, 0.15) is 12.0 Å². The molecule has 0 atom stereocenters. The van der Waals surface area contributed by atoms with Gasteiger partial charge in [-0.1, -0.05) is 47.7 Å². The van der Waals surface area contributed by atoms with Gasteiger partial charge in [0, 0.05) is 17.2 Å². The van der Waals surface area contributed by atoms with E-state index < -0.39 is 0 Å². The lowest BCUT2D eigenvalue weighted by atomic mass is 10.2. The number of thioether (sulfide) groups is 1. The monoisotopic (exact) mass is 271 g/mol. The number of amides is 1. The molecule has 1 aromatic rings. The highest BCUT2D eigenvalue weighted by Crippen LogP contribution is 2.21. The Hall–Kier alpha value is -0.580. The average Bonchev–Trinajstić information content (AvgIpc) is 2.26. The Morgan fingerprint density at radius 3 is 2.69 bits per heavy atom. The van der Waals surface area contributed by atoms with E-state index in [1.165, 1.54) is 0 Å². The van der Waals surface area contributed by atoms with Crippen LogP contribution in [0.5, 0.6) is 0 Å². The minimum absolute atomic E-state index is 0.110. The smallest absolute Gasteiger partial charge is 0.229 e. The molecule has 0 radical (unpaired) electrons. The Labute approximate surface area is 109 Å². The average molecular weight is 272 g/mol. The summed E-state index contributed by atoms with van der Waals surface area (Å²) < 4.78 is 0.672. The summed E-state index contributed by atoms with van der Waals surface area (Å²) in [5.74, 6) is 0.910. The van der Waals surface area contributed by atoms with Crippen molar-refractivity contribution in [1.82, 2.24) is 4.90 Å². The molecule has 0 saturated carbocycles. The van der Waals surface area contributed by atoms with Gasteiger partial charge in [-0.25, -0.2) is 0 Å². The Morgan fingerprint density at radius 1 is 1.38 bits per heavy atom. The fourth-order valence-corrected chi connectivity index (χ4v) is 2.78. The summed E-state index contributed by atoms with van der Waals surface area (Å²) in [7, 11) is 0. The second-order valence-electron chi connectivity index (χ2n) is 3.47. The zero-order chi connectivity index (χ0) is 11.5. The normalized spacial score (nSPS) is 16.7. The van der Waals surface area contributed by atoms with Gasteiger partial charge in [0.15, 0.2) is 0 Å². The lowest BCUT2D eigenvalue weighted by Gasteiger charge is -2.26. The lowest BCUT2D eigenvalue weighted by Crippen LogP contribution is -2.37. The minimum Gasteiger partial charge on any atom is -0.293 e. The third kappa shape index (κ3) is 2.75. The number of rotatable bonds is 2. The third-order valence-corrected chi connectivity index (χ3v) is 4.02.